The van der Waals surface area contributed by atoms with Crippen molar-refractivity contribution in [3.8, 4) is 23.0 Å². The molecule has 0 atom stereocenters. The van der Waals surface area contributed by atoms with Crippen molar-refractivity contribution in [2.75, 3.05) is 5.32 Å². The SMILES string of the molecule is O=C(Nc1n[nH]c(-c2ccccn2)n1)c1ccc(Oc2ccccc2)cc1. The molecule has 4 rings (SSSR count). The lowest BCUT2D eigenvalue weighted by Crippen LogP contribution is -2.12. The highest BCUT2D eigenvalue weighted by Gasteiger charge is 2.11. The predicted octanol–water partition coefficient (Wildman–Crippen LogP) is 3.91. The van der Waals surface area contributed by atoms with Gasteiger partial charge in [0.2, 0.25) is 5.95 Å². The summed E-state index contributed by atoms with van der Waals surface area (Å²) in [6, 6.07) is 21.7. The minimum atomic E-state index is -0.312. The van der Waals surface area contributed by atoms with Gasteiger partial charge in [-0.25, -0.2) is 0 Å². The number of para-hydroxylation sites is 1. The van der Waals surface area contributed by atoms with E-state index in [1.807, 2.05) is 42.5 Å². The molecule has 0 saturated carbocycles. The number of hydrogen-bond donors (Lipinski definition) is 2. The van der Waals surface area contributed by atoms with Gasteiger partial charge < -0.3 is 4.74 Å². The van der Waals surface area contributed by atoms with Gasteiger partial charge in [0.05, 0.1) is 0 Å². The van der Waals surface area contributed by atoms with E-state index in [9.17, 15) is 4.79 Å². The molecule has 2 heterocycles. The largest absolute Gasteiger partial charge is 0.457 e. The van der Waals surface area contributed by atoms with Crippen LogP contribution in [-0.4, -0.2) is 26.1 Å². The van der Waals surface area contributed by atoms with Gasteiger partial charge in [-0.2, -0.15) is 4.98 Å². The third-order valence-corrected chi connectivity index (χ3v) is 3.71. The van der Waals surface area contributed by atoms with Crippen molar-refractivity contribution >= 4 is 11.9 Å². The van der Waals surface area contributed by atoms with Gasteiger partial charge in [0.15, 0.2) is 5.82 Å². The van der Waals surface area contributed by atoms with Crippen LogP contribution in [0.25, 0.3) is 11.5 Å². The number of rotatable bonds is 5. The molecule has 0 saturated heterocycles. The smallest absolute Gasteiger partial charge is 0.258 e. The van der Waals surface area contributed by atoms with Crippen LogP contribution in [0.2, 0.25) is 0 Å². The zero-order valence-corrected chi connectivity index (χ0v) is 14.2. The highest BCUT2D eigenvalue weighted by Crippen LogP contribution is 2.21. The molecule has 7 nitrogen and oxygen atoms in total. The van der Waals surface area contributed by atoms with E-state index in [-0.39, 0.29) is 11.9 Å². The molecule has 1 amide bonds. The lowest BCUT2D eigenvalue weighted by atomic mass is 10.2. The fraction of sp³-hybridized carbons (Fsp3) is 0. The number of amides is 1. The Balaban J connectivity index is 1.42. The van der Waals surface area contributed by atoms with E-state index in [4.69, 9.17) is 4.74 Å². The fourth-order valence-corrected chi connectivity index (χ4v) is 2.41. The summed E-state index contributed by atoms with van der Waals surface area (Å²) < 4.78 is 5.72. The first-order valence-electron chi connectivity index (χ1n) is 8.26. The molecule has 2 aromatic heterocycles. The van der Waals surface area contributed by atoms with Crippen LogP contribution in [0.5, 0.6) is 11.5 Å². The van der Waals surface area contributed by atoms with Gasteiger partial charge in [0.25, 0.3) is 5.91 Å². The number of anilines is 1. The van der Waals surface area contributed by atoms with E-state index in [1.54, 1.807) is 36.5 Å². The van der Waals surface area contributed by atoms with Crippen LogP contribution in [0, 0.1) is 0 Å². The third kappa shape index (κ3) is 3.98. The zero-order valence-electron chi connectivity index (χ0n) is 14.2. The highest BCUT2D eigenvalue weighted by atomic mass is 16.5. The Labute approximate surface area is 155 Å². The Morgan fingerprint density at radius 1 is 0.889 bits per heavy atom. The Bertz CT molecular complexity index is 1030. The van der Waals surface area contributed by atoms with Crippen LogP contribution in [0.3, 0.4) is 0 Å². The molecule has 27 heavy (non-hydrogen) atoms. The van der Waals surface area contributed by atoms with E-state index < -0.39 is 0 Å². The van der Waals surface area contributed by atoms with Crippen LogP contribution in [0.4, 0.5) is 5.95 Å². The Hall–Kier alpha value is -4.00. The first-order valence-corrected chi connectivity index (χ1v) is 8.26. The number of nitrogens with one attached hydrogen (secondary N) is 2. The highest BCUT2D eigenvalue weighted by molar-refractivity contribution is 6.03. The number of aromatic amines is 1. The second-order valence-electron chi connectivity index (χ2n) is 5.62. The first-order chi connectivity index (χ1) is 13.3. The maximum Gasteiger partial charge on any atom is 0.258 e. The normalized spacial score (nSPS) is 10.4. The number of aromatic nitrogens is 4. The van der Waals surface area contributed by atoms with E-state index in [0.717, 1.165) is 5.75 Å². The fourth-order valence-electron chi connectivity index (χ4n) is 2.41. The maximum atomic E-state index is 12.4. The number of H-pyrrole nitrogens is 1. The molecule has 7 heteroatoms. The monoisotopic (exact) mass is 357 g/mol. The Morgan fingerprint density at radius 3 is 2.37 bits per heavy atom. The summed E-state index contributed by atoms with van der Waals surface area (Å²) in [4.78, 5) is 20.8. The Morgan fingerprint density at radius 2 is 1.63 bits per heavy atom. The summed E-state index contributed by atoms with van der Waals surface area (Å²) in [6.07, 6.45) is 1.66. The number of carbonyl (C=O) groups is 1. The lowest BCUT2D eigenvalue weighted by Gasteiger charge is -2.06. The van der Waals surface area contributed by atoms with Crippen molar-refractivity contribution < 1.29 is 9.53 Å². The summed E-state index contributed by atoms with van der Waals surface area (Å²) in [5.41, 5.74) is 1.12. The number of nitrogens with zero attached hydrogens (tertiary/aromatic N) is 3. The predicted molar refractivity (Wildman–Crippen MR) is 101 cm³/mol. The van der Waals surface area contributed by atoms with Crippen LogP contribution >= 0.6 is 0 Å². The molecule has 132 valence electrons. The molecule has 0 bridgehead atoms. The summed E-state index contributed by atoms with van der Waals surface area (Å²) in [6.45, 7) is 0. The molecular formula is C20H15N5O2. The molecule has 2 N–H and O–H groups in total. The van der Waals surface area contributed by atoms with Crippen LogP contribution in [-0.2, 0) is 0 Å². The van der Waals surface area contributed by atoms with Gasteiger partial charge in [0.1, 0.15) is 17.2 Å². The van der Waals surface area contributed by atoms with Gasteiger partial charge >= 0.3 is 0 Å². The second kappa shape index (κ2) is 7.49. The molecule has 0 unspecified atom stereocenters. The van der Waals surface area contributed by atoms with Gasteiger partial charge in [0, 0.05) is 11.8 Å². The molecule has 0 aliphatic carbocycles. The molecule has 0 aliphatic rings. The zero-order chi connectivity index (χ0) is 18.5. The summed E-state index contributed by atoms with van der Waals surface area (Å²) in [7, 11) is 0. The van der Waals surface area contributed by atoms with Crippen LogP contribution in [0.1, 0.15) is 10.4 Å². The van der Waals surface area contributed by atoms with Crippen LogP contribution < -0.4 is 10.1 Å². The van der Waals surface area contributed by atoms with Crippen molar-refractivity contribution in [3.63, 3.8) is 0 Å². The number of carbonyl (C=O) groups excluding carboxylic acids is 1. The third-order valence-electron chi connectivity index (χ3n) is 3.71. The number of ether oxygens (including phenoxy) is 1. The summed E-state index contributed by atoms with van der Waals surface area (Å²) in [5.74, 6) is 1.74. The minimum Gasteiger partial charge on any atom is -0.457 e. The lowest BCUT2D eigenvalue weighted by molar-refractivity contribution is 0.102. The number of benzene rings is 2. The van der Waals surface area contributed by atoms with Gasteiger partial charge in [-0.15, -0.1) is 5.10 Å². The van der Waals surface area contributed by atoms with E-state index in [2.05, 4.69) is 25.5 Å². The molecule has 2 aromatic carbocycles. The molecule has 0 spiro atoms. The quantitative estimate of drug-likeness (QED) is 0.565. The number of pyridine rings is 1. The van der Waals surface area contributed by atoms with Gasteiger partial charge in [-0.1, -0.05) is 24.3 Å². The van der Waals surface area contributed by atoms with E-state index in [0.29, 0.717) is 22.8 Å². The summed E-state index contributed by atoms with van der Waals surface area (Å²) in [5, 5.41) is 9.41. The Kier molecular flexibility index (Phi) is 4.57. The molecule has 0 aliphatic heterocycles. The van der Waals surface area contributed by atoms with E-state index >= 15 is 0 Å². The van der Waals surface area contributed by atoms with Crippen LogP contribution in [0.15, 0.2) is 79.0 Å². The second-order valence-corrected chi connectivity index (χ2v) is 5.62. The summed E-state index contributed by atoms with van der Waals surface area (Å²) >= 11 is 0. The van der Waals surface area contributed by atoms with Gasteiger partial charge in [-0.05, 0) is 48.5 Å². The standard InChI is InChI=1S/C20H15N5O2/c26-19(23-20-22-18(24-25-20)17-8-4-5-13-21-17)14-9-11-16(12-10-14)27-15-6-2-1-3-7-15/h1-13H,(H2,22,23,24,25,26). The first kappa shape index (κ1) is 16.5. The van der Waals surface area contributed by atoms with Crippen molar-refractivity contribution in [1.82, 2.24) is 20.2 Å². The van der Waals surface area contributed by atoms with Gasteiger partial charge in [-0.3, -0.25) is 20.2 Å². The minimum absolute atomic E-state index is 0.185. The van der Waals surface area contributed by atoms with Crippen molar-refractivity contribution in [2.45, 2.75) is 0 Å². The average molecular weight is 357 g/mol. The number of hydrogen-bond acceptors (Lipinski definition) is 5. The van der Waals surface area contributed by atoms with E-state index in [1.165, 1.54) is 0 Å². The van der Waals surface area contributed by atoms with Crippen molar-refractivity contribution in [3.05, 3.63) is 84.6 Å². The maximum absolute atomic E-state index is 12.4. The topological polar surface area (TPSA) is 92.8 Å². The molecule has 0 fully saturated rings. The van der Waals surface area contributed by atoms with Crippen molar-refractivity contribution in [2.24, 2.45) is 0 Å². The molecule has 4 aromatic rings. The molecule has 0 radical (unpaired) electrons. The molecular weight excluding hydrogens is 342 g/mol. The average Bonchev–Trinajstić information content (AvgIpc) is 3.18. The van der Waals surface area contributed by atoms with Crippen molar-refractivity contribution in [1.29, 1.82) is 0 Å².